The summed E-state index contributed by atoms with van der Waals surface area (Å²) >= 11 is 0. The SMILES string of the molecule is C=Nn1cc(-c2[nH]c3ccc(C4CCC(N(C)CC(=O)NC)CC4)nc3c2C(C)C)c(C)c(C)c1=NC. The summed E-state index contributed by atoms with van der Waals surface area (Å²) in [6.07, 6.45) is 6.34. The second-order valence-corrected chi connectivity index (χ2v) is 10.6. The molecule has 1 saturated carbocycles. The lowest BCUT2D eigenvalue weighted by molar-refractivity contribution is -0.122. The summed E-state index contributed by atoms with van der Waals surface area (Å²) in [6, 6.07) is 4.82. The molecule has 198 valence electrons. The average molecular weight is 504 g/mol. The maximum Gasteiger partial charge on any atom is 0.233 e. The van der Waals surface area contributed by atoms with Gasteiger partial charge in [-0.25, -0.2) is 4.68 Å². The number of hydrogen-bond acceptors (Lipinski definition) is 5. The number of nitrogens with zero attached hydrogens (tertiary/aromatic N) is 5. The third-order valence-corrected chi connectivity index (χ3v) is 8.09. The van der Waals surface area contributed by atoms with Gasteiger partial charge in [-0.15, -0.1) is 0 Å². The number of carbonyl (C=O) groups excluding carboxylic acids is 1. The molecule has 1 fully saturated rings. The molecule has 1 aliphatic rings. The first-order valence-electron chi connectivity index (χ1n) is 13.3. The van der Waals surface area contributed by atoms with E-state index in [0.717, 1.165) is 59.0 Å². The molecule has 8 nitrogen and oxygen atoms in total. The van der Waals surface area contributed by atoms with Crippen molar-refractivity contribution in [1.29, 1.82) is 0 Å². The molecular weight excluding hydrogens is 462 g/mol. The van der Waals surface area contributed by atoms with Crippen molar-refractivity contribution < 1.29 is 4.79 Å². The van der Waals surface area contributed by atoms with E-state index in [4.69, 9.17) is 4.98 Å². The number of amides is 1. The maximum atomic E-state index is 11.8. The van der Waals surface area contributed by atoms with E-state index in [0.29, 0.717) is 24.4 Å². The predicted molar refractivity (Wildman–Crippen MR) is 151 cm³/mol. The molecule has 37 heavy (non-hydrogen) atoms. The Balaban J connectivity index is 1.69. The topological polar surface area (TPSA) is 90.7 Å². The van der Waals surface area contributed by atoms with Crippen LogP contribution in [0.5, 0.6) is 0 Å². The summed E-state index contributed by atoms with van der Waals surface area (Å²) in [5.41, 5.74) is 9.78. The Morgan fingerprint density at radius 2 is 1.95 bits per heavy atom. The summed E-state index contributed by atoms with van der Waals surface area (Å²) in [5.74, 6) is 0.801. The molecule has 8 heteroatoms. The number of nitrogens with one attached hydrogen (secondary N) is 2. The lowest BCUT2D eigenvalue weighted by atomic mass is 9.83. The van der Waals surface area contributed by atoms with Gasteiger partial charge in [0.25, 0.3) is 0 Å². The van der Waals surface area contributed by atoms with E-state index >= 15 is 0 Å². The molecule has 4 rings (SSSR count). The Labute approximate surface area is 219 Å². The first-order chi connectivity index (χ1) is 17.7. The van der Waals surface area contributed by atoms with Crippen LogP contribution in [0.15, 0.2) is 28.4 Å². The number of aromatic amines is 1. The summed E-state index contributed by atoms with van der Waals surface area (Å²) in [4.78, 5) is 27.3. The Morgan fingerprint density at radius 3 is 2.54 bits per heavy atom. The van der Waals surface area contributed by atoms with Gasteiger partial charge in [-0.05, 0) is 75.8 Å². The highest BCUT2D eigenvalue weighted by Crippen LogP contribution is 2.39. The van der Waals surface area contributed by atoms with Gasteiger partial charge in [0.2, 0.25) is 5.91 Å². The molecule has 0 atom stereocenters. The zero-order chi connectivity index (χ0) is 26.9. The van der Waals surface area contributed by atoms with E-state index in [9.17, 15) is 4.79 Å². The summed E-state index contributed by atoms with van der Waals surface area (Å²) in [7, 11) is 5.53. The Morgan fingerprint density at radius 1 is 1.24 bits per heavy atom. The summed E-state index contributed by atoms with van der Waals surface area (Å²) in [6.45, 7) is 12.9. The lowest BCUT2D eigenvalue weighted by Gasteiger charge is -2.34. The molecule has 3 aromatic heterocycles. The molecule has 0 unspecified atom stereocenters. The van der Waals surface area contributed by atoms with Gasteiger partial charge in [0, 0.05) is 55.8 Å². The van der Waals surface area contributed by atoms with E-state index in [2.05, 4.69) is 78.9 Å². The highest BCUT2D eigenvalue weighted by atomic mass is 16.1. The predicted octanol–water partition coefficient (Wildman–Crippen LogP) is 4.47. The minimum atomic E-state index is 0.0692. The maximum absolute atomic E-state index is 11.8. The van der Waals surface area contributed by atoms with E-state index in [-0.39, 0.29) is 5.91 Å². The Kier molecular flexibility index (Phi) is 7.97. The quantitative estimate of drug-likeness (QED) is 0.466. The van der Waals surface area contributed by atoms with Crippen LogP contribution < -0.4 is 10.8 Å². The van der Waals surface area contributed by atoms with Gasteiger partial charge in [0.05, 0.1) is 23.3 Å². The summed E-state index contributed by atoms with van der Waals surface area (Å²) < 4.78 is 1.76. The lowest BCUT2D eigenvalue weighted by Crippen LogP contribution is -2.41. The first kappa shape index (κ1) is 26.8. The standard InChI is InChI=1S/C29H41N7O/c1-17(2)26-27(22-15-36(32-7)29(31-6)19(4)18(22)3)34-24-14-13-23(33-28(24)26)20-9-11-21(12-10-20)35(8)16-25(37)30-5/h13-15,17,20-21,34H,7,9-12,16H2,1-6,8H3,(H,30,37). The number of aromatic nitrogens is 3. The van der Waals surface area contributed by atoms with Crippen LogP contribution in [0.3, 0.4) is 0 Å². The number of pyridine rings is 2. The second-order valence-electron chi connectivity index (χ2n) is 10.6. The third kappa shape index (κ3) is 5.12. The molecule has 3 heterocycles. The van der Waals surface area contributed by atoms with Crippen molar-refractivity contribution in [3.63, 3.8) is 0 Å². The van der Waals surface area contributed by atoms with Crippen LogP contribution in [-0.2, 0) is 4.79 Å². The van der Waals surface area contributed by atoms with Crippen LogP contribution in [0.4, 0.5) is 0 Å². The molecule has 0 radical (unpaired) electrons. The molecule has 0 aliphatic heterocycles. The number of H-pyrrole nitrogens is 1. The fourth-order valence-corrected chi connectivity index (χ4v) is 5.80. The normalized spacial score (nSPS) is 18.7. The molecule has 1 aliphatic carbocycles. The van der Waals surface area contributed by atoms with E-state index < -0.39 is 0 Å². The van der Waals surface area contributed by atoms with Crippen molar-refractivity contribution in [2.24, 2.45) is 10.1 Å². The monoisotopic (exact) mass is 503 g/mol. The van der Waals surface area contributed by atoms with Gasteiger partial charge in [-0.2, -0.15) is 5.10 Å². The number of rotatable bonds is 7. The first-order valence-corrected chi connectivity index (χ1v) is 13.3. The fraction of sp³-hybridized carbons (Fsp3) is 0.517. The van der Waals surface area contributed by atoms with E-state index in [1.165, 1.54) is 16.8 Å². The number of hydrogen-bond donors (Lipinski definition) is 2. The van der Waals surface area contributed by atoms with E-state index in [1.54, 1.807) is 18.8 Å². The highest BCUT2D eigenvalue weighted by molar-refractivity contribution is 5.89. The molecule has 3 aromatic rings. The zero-order valence-corrected chi connectivity index (χ0v) is 23.4. The molecule has 0 bridgehead atoms. The van der Waals surface area contributed by atoms with Crippen molar-refractivity contribution in [2.75, 3.05) is 27.7 Å². The minimum Gasteiger partial charge on any atom is -0.358 e. The second kappa shape index (κ2) is 11.0. The fourth-order valence-electron chi connectivity index (χ4n) is 5.80. The van der Waals surface area contributed by atoms with E-state index in [1.807, 2.05) is 6.20 Å². The molecule has 0 spiro atoms. The number of likely N-dealkylation sites (N-methyl/N-ethyl adjacent to an activating group) is 2. The highest BCUT2D eigenvalue weighted by Gasteiger charge is 2.28. The van der Waals surface area contributed by atoms with Crippen molar-refractivity contribution in [2.45, 2.75) is 71.3 Å². The molecule has 0 saturated heterocycles. The number of fused-ring (bicyclic) bond motifs is 1. The number of carbonyl (C=O) groups is 1. The zero-order valence-electron chi connectivity index (χ0n) is 23.4. The Bertz CT molecular complexity index is 1370. The van der Waals surface area contributed by atoms with Gasteiger partial charge < -0.3 is 10.3 Å². The molecule has 1 amide bonds. The largest absolute Gasteiger partial charge is 0.358 e. The summed E-state index contributed by atoms with van der Waals surface area (Å²) in [5, 5.41) is 6.92. The van der Waals surface area contributed by atoms with Gasteiger partial charge in [0.15, 0.2) is 5.49 Å². The minimum absolute atomic E-state index is 0.0692. The van der Waals surface area contributed by atoms with Crippen molar-refractivity contribution in [1.82, 2.24) is 24.9 Å². The smallest absolute Gasteiger partial charge is 0.233 e. The van der Waals surface area contributed by atoms with Gasteiger partial charge in [0.1, 0.15) is 0 Å². The van der Waals surface area contributed by atoms with Crippen molar-refractivity contribution in [3.8, 4) is 11.3 Å². The van der Waals surface area contributed by atoms with Gasteiger partial charge in [-0.3, -0.25) is 19.7 Å². The molecule has 0 aromatic carbocycles. The van der Waals surface area contributed by atoms with Crippen LogP contribution in [0.25, 0.3) is 22.3 Å². The van der Waals surface area contributed by atoms with Crippen LogP contribution in [0, 0.1) is 13.8 Å². The Hall–Kier alpha value is -3.26. The molecule has 2 N–H and O–H groups in total. The van der Waals surface area contributed by atoms with Gasteiger partial charge in [-0.1, -0.05) is 13.8 Å². The van der Waals surface area contributed by atoms with Crippen LogP contribution in [0.2, 0.25) is 0 Å². The van der Waals surface area contributed by atoms with Crippen molar-refractivity contribution in [3.05, 3.63) is 46.2 Å². The average Bonchev–Trinajstić information content (AvgIpc) is 3.28. The third-order valence-electron chi connectivity index (χ3n) is 8.09. The van der Waals surface area contributed by atoms with Crippen LogP contribution >= 0.6 is 0 Å². The van der Waals surface area contributed by atoms with Crippen LogP contribution in [-0.4, -0.2) is 65.9 Å². The van der Waals surface area contributed by atoms with Crippen LogP contribution in [0.1, 0.15) is 73.8 Å². The van der Waals surface area contributed by atoms with Crippen molar-refractivity contribution >= 4 is 23.7 Å². The molecular formula is C29H41N7O. The van der Waals surface area contributed by atoms with Gasteiger partial charge >= 0.3 is 0 Å².